The predicted octanol–water partition coefficient (Wildman–Crippen LogP) is 4.85. The molecule has 3 nitrogen and oxygen atoms in total. The molecule has 1 saturated heterocycles. The summed E-state index contributed by atoms with van der Waals surface area (Å²) >= 11 is 3.36. The fourth-order valence-corrected chi connectivity index (χ4v) is 3.01. The van der Waals surface area contributed by atoms with Gasteiger partial charge in [0.05, 0.1) is 6.10 Å². The predicted molar refractivity (Wildman–Crippen MR) is 86.5 cm³/mol. The standard InChI is InChI=1S/C17H22BrFO3/c1-17(2,3)22-16(20)15(18)13-10-11(19)7-8-12(13)14-6-4-5-9-21-14/h7-8,10,14-15H,4-6,9H2,1-3H3/t14-,15?/m0/s1. The van der Waals surface area contributed by atoms with Crippen LogP contribution in [0.5, 0.6) is 0 Å². The van der Waals surface area contributed by atoms with E-state index in [1.807, 2.05) is 0 Å². The second-order valence-electron chi connectivity index (χ2n) is 6.52. The Balaban J connectivity index is 2.28. The van der Waals surface area contributed by atoms with Gasteiger partial charge in [-0.3, -0.25) is 4.79 Å². The van der Waals surface area contributed by atoms with Gasteiger partial charge in [0, 0.05) is 6.61 Å². The number of carbonyl (C=O) groups excluding carboxylic acids is 1. The SMILES string of the molecule is CC(C)(C)OC(=O)C(Br)c1cc(F)ccc1[C@@H]1CCCCO1. The maximum atomic E-state index is 13.7. The van der Waals surface area contributed by atoms with Crippen LogP contribution >= 0.6 is 15.9 Å². The van der Waals surface area contributed by atoms with Crippen molar-refractivity contribution < 1.29 is 18.7 Å². The second-order valence-corrected chi connectivity index (χ2v) is 7.44. The molecule has 0 saturated carbocycles. The van der Waals surface area contributed by atoms with E-state index >= 15 is 0 Å². The van der Waals surface area contributed by atoms with Gasteiger partial charge in [-0.05, 0) is 63.3 Å². The number of hydrogen-bond donors (Lipinski definition) is 0. The molecule has 0 amide bonds. The van der Waals surface area contributed by atoms with E-state index in [2.05, 4.69) is 15.9 Å². The van der Waals surface area contributed by atoms with Crippen molar-refractivity contribution in [2.24, 2.45) is 0 Å². The molecule has 1 aliphatic rings. The van der Waals surface area contributed by atoms with Gasteiger partial charge in [0.25, 0.3) is 0 Å². The van der Waals surface area contributed by atoms with E-state index < -0.39 is 16.4 Å². The van der Waals surface area contributed by atoms with Gasteiger partial charge in [-0.1, -0.05) is 22.0 Å². The van der Waals surface area contributed by atoms with Crippen LogP contribution in [0.4, 0.5) is 4.39 Å². The number of rotatable bonds is 3. The minimum absolute atomic E-state index is 0.0909. The zero-order valence-electron chi connectivity index (χ0n) is 13.2. The van der Waals surface area contributed by atoms with Crippen LogP contribution in [0.2, 0.25) is 0 Å². The van der Waals surface area contributed by atoms with Gasteiger partial charge in [-0.25, -0.2) is 4.39 Å². The third-order valence-electron chi connectivity index (χ3n) is 3.46. The maximum absolute atomic E-state index is 13.7. The first kappa shape index (κ1) is 17.4. The van der Waals surface area contributed by atoms with Gasteiger partial charge < -0.3 is 9.47 Å². The maximum Gasteiger partial charge on any atom is 0.324 e. The molecule has 0 N–H and O–H groups in total. The molecule has 22 heavy (non-hydrogen) atoms. The van der Waals surface area contributed by atoms with Crippen LogP contribution in [-0.4, -0.2) is 18.2 Å². The van der Waals surface area contributed by atoms with Gasteiger partial charge in [-0.2, -0.15) is 0 Å². The lowest BCUT2D eigenvalue weighted by Crippen LogP contribution is -2.26. The summed E-state index contributed by atoms with van der Waals surface area (Å²) in [6, 6.07) is 4.50. The molecule has 1 aromatic carbocycles. The van der Waals surface area contributed by atoms with Gasteiger partial charge >= 0.3 is 5.97 Å². The number of esters is 1. The summed E-state index contributed by atoms with van der Waals surface area (Å²) in [6.07, 6.45) is 2.90. The Kier molecular flexibility index (Phi) is 5.61. The van der Waals surface area contributed by atoms with E-state index in [1.54, 1.807) is 26.8 Å². The molecule has 0 aliphatic carbocycles. The molecule has 122 valence electrons. The van der Waals surface area contributed by atoms with Crippen LogP contribution < -0.4 is 0 Å². The zero-order chi connectivity index (χ0) is 16.3. The van der Waals surface area contributed by atoms with E-state index in [-0.39, 0.29) is 11.9 Å². The van der Waals surface area contributed by atoms with Gasteiger partial charge in [-0.15, -0.1) is 0 Å². The molecular weight excluding hydrogens is 351 g/mol. The Bertz CT molecular complexity index is 533. The van der Waals surface area contributed by atoms with Crippen LogP contribution in [0.15, 0.2) is 18.2 Å². The van der Waals surface area contributed by atoms with Crippen molar-refractivity contribution in [3.8, 4) is 0 Å². The average Bonchev–Trinajstić information content (AvgIpc) is 2.45. The Hall–Kier alpha value is -0.940. The molecular formula is C17H22BrFO3. The third-order valence-corrected chi connectivity index (χ3v) is 4.33. The van der Waals surface area contributed by atoms with E-state index in [9.17, 15) is 9.18 Å². The smallest absolute Gasteiger partial charge is 0.324 e. The van der Waals surface area contributed by atoms with Crippen molar-refractivity contribution in [3.05, 3.63) is 35.1 Å². The van der Waals surface area contributed by atoms with Crippen LogP contribution in [-0.2, 0) is 14.3 Å². The summed E-state index contributed by atoms with van der Waals surface area (Å²) in [6.45, 7) is 6.12. The molecule has 2 atom stereocenters. The summed E-state index contributed by atoms with van der Waals surface area (Å²) in [5.74, 6) is -0.794. The molecule has 0 bridgehead atoms. The Morgan fingerprint density at radius 3 is 2.73 bits per heavy atom. The number of hydrogen-bond acceptors (Lipinski definition) is 3. The minimum atomic E-state index is -0.706. The molecule has 1 heterocycles. The number of halogens is 2. The summed E-state index contributed by atoms with van der Waals surface area (Å²) in [4.78, 5) is 11.6. The molecule has 0 spiro atoms. The first-order valence-electron chi connectivity index (χ1n) is 7.56. The van der Waals surface area contributed by atoms with Crippen molar-refractivity contribution >= 4 is 21.9 Å². The Morgan fingerprint density at radius 1 is 1.41 bits per heavy atom. The van der Waals surface area contributed by atoms with Crippen molar-refractivity contribution in [1.29, 1.82) is 0 Å². The topological polar surface area (TPSA) is 35.5 Å². The minimum Gasteiger partial charge on any atom is -0.459 e. The highest BCUT2D eigenvalue weighted by Gasteiger charge is 2.29. The fraction of sp³-hybridized carbons (Fsp3) is 0.588. The molecule has 0 radical (unpaired) electrons. The summed E-state index contributed by atoms with van der Waals surface area (Å²) in [7, 11) is 0. The van der Waals surface area contributed by atoms with E-state index in [4.69, 9.17) is 9.47 Å². The first-order chi connectivity index (χ1) is 10.3. The van der Waals surface area contributed by atoms with Gasteiger partial charge in [0.1, 0.15) is 16.2 Å². The Morgan fingerprint density at radius 2 is 2.14 bits per heavy atom. The quantitative estimate of drug-likeness (QED) is 0.562. The monoisotopic (exact) mass is 372 g/mol. The average molecular weight is 373 g/mol. The number of alkyl halides is 1. The molecule has 5 heteroatoms. The molecule has 1 fully saturated rings. The molecule has 2 rings (SSSR count). The van der Waals surface area contributed by atoms with E-state index in [0.29, 0.717) is 12.2 Å². The normalized spacial score (nSPS) is 20.5. The number of carbonyl (C=O) groups is 1. The number of ether oxygens (including phenoxy) is 2. The van der Waals surface area contributed by atoms with Crippen molar-refractivity contribution in [1.82, 2.24) is 0 Å². The summed E-state index contributed by atoms with van der Waals surface area (Å²) in [5.41, 5.74) is 0.854. The lowest BCUT2D eigenvalue weighted by molar-refractivity contribution is -0.154. The summed E-state index contributed by atoms with van der Waals surface area (Å²) in [5, 5.41) is 0. The second kappa shape index (κ2) is 7.09. The van der Waals surface area contributed by atoms with Gasteiger partial charge in [0.2, 0.25) is 0 Å². The zero-order valence-corrected chi connectivity index (χ0v) is 14.8. The van der Waals surface area contributed by atoms with Crippen LogP contribution in [0.3, 0.4) is 0 Å². The lowest BCUT2D eigenvalue weighted by atomic mass is 9.95. The fourth-order valence-electron chi connectivity index (χ4n) is 2.52. The molecule has 1 aromatic rings. The van der Waals surface area contributed by atoms with E-state index in [0.717, 1.165) is 24.8 Å². The highest BCUT2D eigenvalue weighted by atomic mass is 79.9. The van der Waals surface area contributed by atoms with Crippen molar-refractivity contribution in [2.45, 2.75) is 56.6 Å². The molecule has 0 aromatic heterocycles. The highest BCUT2D eigenvalue weighted by molar-refractivity contribution is 9.09. The van der Waals surface area contributed by atoms with Crippen LogP contribution in [0.1, 0.15) is 62.1 Å². The molecule has 1 unspecified atom stereocenters. The largest absolute Gasteiger partial charge is 0.459 e. The number of benzene rings is 1. The van der Waals surface area contributed by atoms with Crippen molar-refractivity contribution in [3.63, 3.8) is 0 Å². The lowest BCUT2D eigenvalue weighted by Gasteiger charge is -2.27. The van der Waals surface area contributed by atoms with Crippen LogP contribution in [0.25, 0.3) is 0 Å². The van der Waals surface area contributed by atoms with E-state index in [1.165, 1.54) is 12.1 Å². The Labute approximate surface area is 139 Å². The third kappa shape index (κ3) is 4.53. The van der Waals surface area contributed by atoms with Crippen molar-refractivity contribution in [2.75, 3.05) is 6.61 Å². The first-order valence-corrected chi connectivity index (χ1v) is 8.47. The highest BCUT2D eigenvalue weighted by Crippen LogP contribution is 2.37. The van der Waals surface area contributed by atoms with Gasteiger partial charge in [0.15, 0.2) is 0 Å². The molecule has 1 aliphatic heterocycles. The summed E-state index contributed by atoms with van der Waals surface area (Å²) < 4.78 is 24.8. The van der Waals surface area contributed by atoms with Crippen LogP contribution in [0, 0.1) is 5.82 Å².